The molecule has 1 amide bonds. The van der Waals surface area contributed by atoms with E-state index in [4.69, 9.17) is 15.5 Å². The summed E-state index contributed by atoms with van der Waals surface area (Å²) in [5.41, 5.74) is 8.21. The molecular formula is C29H31FN4O5. The lowest BCUT2D eigenvalue weighted by Crippen LogP contribution is -2.44. The van der Waals surface area contributed by atoms with Gasteiger partial charge in [-0.25, -0.2) is 14.2 Å². The number of aromatic nitrogens is 2. The number of hydrogen-bond acceptors (Lipinski definition) is 7. The Morgan fingerprint density at radius 2 is 2.08 bits per heavy atom. The molecule has 204 valence electrons. The fourth-order valence-corrected chi connectivity index (χ4v) is 6.40. The predicted molar refractivity (Wildman–Crippen MR) is 141 cm³/mol. The molecule has 0 radical (unpaired) electrons. The van der Waals surface area contributed by atoms with E-state index in [1.54, 1.807) is 24.5 Å². The van der Waals surface area contributed by atoms with Crippen LogP contribution in [0, 0.1) is 12.7 Å². The summed E-state index contributed by atoms with van der Waals surface area (Å²) in [5, 5.41) is 15.2. The third-order valence-electron chi connectivity index (χ3n) is 8.57. The van der Waals surface area contributed by atoms with E-state index in [1.165, 1.54) is 6.07 Å². The predicted octanol–water partition coefficient (Wildman–Crippen LogP) is 2.76. The lowest BCUT2D eigenvalue weighted by molar-refractivity contribution is -0.172. The van der Waals surface area contributed by atoms with Gasteiger partial charge in [0.2, 0.25) is 5.91 Å². The Kier molecular flexibility index (Phi) is 6.07. The van der Waals surface area contributed by atoms with Gasteiger partial charge in [0.1, 0.15) is 12.4 Å². The molecule has 2 aliphatic heterocycles. The van der Waals surface area contributed by atoms with Gasteiger partial charge in [-0.1, -0.05) is 6.92 Å². The zero-order valence-corrected chi connectivity index (χ0v) is 22.0. The van der Waals surface area contributed by atoms with Crippen molar-refractivity contribution in [1.29, 1.82) is 0 Å². The Bertz CT molecular complexity index is 1630. The second-order valence-corrected chi connectivity index (χ2v) is 10.7. The van der Waals surface area contributed by atoms with Crippen LogP contribution in [-0.4, -0.2) is 33.1 Å². The number of aryl methyl sites for hydroxylation is 1. The molecule has 10 heteroatoms. The number of unbranched alkanes of at least 4 members (excludes halogenated alkanes) is 1. The summed E-state index contributed by atoms with van der Waals surface area (Å²) >= 11 is 0. The van der Waals surface area contributed by atoms with Gasteiger partial charge in [0.15, 0.2) is 5.60 Å². The topological polar surface area (TPSA) is 137 Å². The highest BCUT2D eigenvalue weighted by molar-refractivity contribution is 5.94. The van der Waals surface area contributed by atoms with E-state index in [0.29, 0.717) is 54.7 Å². The lowest BCUT2D eigenvalue weighted by Gasteiger charge is -2.31. The first-order chi connectivity index (χ1) is 18.7. The van der Waals surface area contributed by atoms with Crippen molar-refractivity contribution in [2.45, 2.75) is 77.2 Å². The van der Waals surface area contributed by atoms with Crippen molar-refractivity contribution in [3.63, 3.8) is 0 Å². The largest absolute Gasteiger partial charge is 0.458 e. The van der Waals surface area contributed by atoms with Crippen molar-refractivity contribution >= 4 is 22.8 Å². The zero-order chi connectivity index (χ0) is 27.6. The van der Waals surface area contributed by atoms with Crippen LogP contribution in [0.1, 0.15) is 78.5 Å². The van der Waals surface area contributed by atoms with E-state index in [0.717, 1.165) is 28.5 Å². The summed E-state index contributed by atoms with van der Waals surface area (Å²) < 4.78 is 21.7. The van der Waals surface area contributed by atoms with Gasteiger partial charge < -0.3 is 25.5 Å². The molecule has 9 nitrogen and oxygen atoms in total. The summed E-state index contributed by atoms with van der Waals surface area (Å²) in [5.74, 6) is -1.23. The summed E-state index contributed by atoms with van der Waals surface area (Å²) in [7, 11) is 0. The van der Waals surface area contributed by atoms with Gasteiger partial charge in [-0.05, 0) is 68.3 Å². The van der Waals surface area contributed by atoms with Gasteiger partial charge >= 0.3 is 5.97 Å². The van der Waals surface area contributed by atoms with E-state index >= 15 is 0 Å². The molecule has 4 heterocycles. The van der Waals surface area contributed by atoms with Gasteiger partial charge in [-0.2, -0.15) is 0 Å². The summed E-state index contributed by atoms with van der Waals surface area (Å²) in [4.78, 5) is 43.9. The Hall–Kier alpha value is -3.63. The molecule has 0 fully saturated rings. The third-order valence-corrected chi connectivity index (χ3v) is 8.57. The van der Waals surface area contributed by atoms with Gasteiger partial charge in [-0.3, -0.25) is 9.59 Å². The maximum atomic E-state index is 15.0. The molecular weight excluding hydrogens is 503 g/mol. The first-order valence-corrected chi connectivity index (χ1v) is 13.5. The van der Waals surface area contributed by atoms with Crippen molar-refractivity contribution in [2.24, 2.45) is 5.73 Å². The monoisotopic (exact) mass is 534 g/mol. The van der Waals surface area contributed by atoms with E-state index in [2.05, 4.69) is 5.32 Å². The molecule has 4 N–H and O–H groups in total. The first-order valence-electron chi connectivity index (χ1n) is 13.5. The maximum absolute atomic E-state index is 15.0. The number of pyridine rings is 2. The van der Waals surface area contributed by atoms with Crippen molar-refractivity contribution in [3.8, 4) is 11.4 Å². The molecule has 2 atom stereocenters. The highest BCUT2D eigenvalue weighted by atomic mass is 19.1. The van der Waals surface area contributed by atoms with Crippen LogP contribution in [0.2, 0.25) is 0 Å². The number of fused-ring (bicyclic) bond motifs is 5. The molecule has 1 aromatic carbocycles. The number of halogens is 1. The average Bonchev–Trinajstić information content (AvgIpc) is 3.29. The van der Waals surface area contributed by atoms with E-state index < -0.39 is 11.6 Å². The molecule has 0 bridgehead atoms. The number of ether oxygens (including phenoxy) is 1. The van der Waals surface area contributed by atoms with Gasteiger partial charge in [0, 0.05) is 29.0 Å². The number of nitrogens with one attached hydrogen (secondary N) is 1. The van der Waals surface area contributed by atoms with Crippen molar-refractivity contribution in [2.75, 3.05) is 6.54 Å². The molecule has 0 unspecified atom stereocenters. The number of carbonyl (C=O) groups excluding carboxylic acids is 2. The fourth-order valence-electron chi connectivity index (χ4n) is 6.40. The van der Waals surface area contributed by atoms with E-state index in [9.17, 15) is 23.9 Å². The van der Waals surface area contributed by atoms with Crippen LogP contribution >= 0.6 is 0 Å². The van der Waals surface area contributed by atoms with Gasteiger partial charge in [0.05, 0.1) is 35.1 Å². The SMILES string of the molecule is CC[C@@]1(O)C(=O)OCc2c1cc1n(c2=O)Cc2c-1nc1cc(F)c(C)c3c1c2[C@@H](NC(=O)CCCCN)CC3. The minimum Gasteiger partial charge on any atom is -0.458 e. The van der Waals surface area contributed by atoms with Crippen LogP contribution in [0.25, 0.3) is 22.3 Å². The highest BCUT2D eigenvalue weighted by Crippen LogP contribution is 2.45. The average molecular weight is 535 g/mol. The second-order valence-electron chi connectivity index (χ2n) is 10.7. The van der Waals surface area contributed by atoms with Crippen LogP contribution in [0.4, 0.5) is 4.39 Å². The van der Waals surface area contributed by atoms with Crippen LogP contribution in [0.15, 0.2) is 16.9 Å². The smallest absolute Gasteiger partial charge is 0.343 e. The quantitative estimate of drug-likeness (QED) is 0.256. The molecule has 1 aliphatic carbocycles. The van der Waals surface area contributed by atoms with Crippen LogP contribution in [0.5, 0.6) is 0 Å². The van der Waals surface area contributed by atoms with Gasteiger partial charge in [0.25, 0.3) is 5.56 Å². The Balaban J connectivity index is 1.56. The number of nitrogens with zero attached hydrogens (tertiary/aromatic N) is 2. The number of amides is 1. The molecule has 3 aromatic rings. The normalized spacial score (nSPS) is 20.8. The third kappa shape index (κ3) is 3.72. The molecule has 0 spiro atoms. The molecule has 39 heavy (non-hydrogen) atoms. The van der Waals surface area contributed by atoms with Crippen molar-refractivity contribution < 1.29 is 23.8 Å². The number of hydrogen-bond donors (Lipinski definition) is 3. The molecule has 6 rings (SSSR count). The Morgan fingerprint density at radius 1 is 1.28 bits per heavy atom. The summed E-state index contributed by atoms with van der Waals surface area (Å²) in [6, 6.07) is 2.72. The van der Waals surface area contributed by atoms with Crippen LogP contribution < -0.4 is 16.6 Å². The van der Waals surface area contributed by atoms with E-state index in [1.807, 2.05) is 0 Å². The number of rotatable bonds is 6. The number of nitrogens with two attached hydrogens (primary N) is 1. The number of benzene rings is 1. The minimum absolute atomic E-state index is 0.0388. The minimum atomic E-state index is -1.94. The molecule has 0 saturated heterocycles. The maximum Gasteiger partial charge on any atom is 0.343 e. The Morgan fingerprint density at radius 3 is 2.82 bits per heavy atom. The summed E-state index contributed by atoms with van der Waals surface area (Å²) in [6.45, 7) is 3.92. The highest BCUT2D eigenvalue weighted by Gasteiger charge is 2.46. The standard InChI is InChI=1S/C29H31FN4O5/c1-3-29(38)18-10-22-26-16(12-34(22)27(36)17(18)13-39-28(29)37)25-20(32-23(35)6-4-5-9-31)8-7-15-14(2)19(30)11-21(33-26)24(15)25/h10-11,20,38H,3-9,12-13,31H2,1-2H3,(H,32,35)/t20-,29-/m0/s1. The van der Waals surface area contributed by atoms with E-state index in [-0.39, 0.29) is 54.0 Å². The fraction of sp³-hybridized carbons (Fsp3) is 0.448. The zero-order valence-electron chi connectivity index (χ0n) is 22.0. The number of carbonyl (C=O) groups is 2. The van der Waals surface area contributed by atoms with Crippen molar-refractivity contribution in [3.05, 3.63) is 61.7 Å². The first kappa shape index (κ1) is 25.6. The van der Waals surface area contributed by atoms with Crippen LogP contribution in [0.3, 0.4) is 0 Å². The Labute approximate surface area is 224 Å². The molecule has 2 aromatic heterocycles. The van der Waals surface area contributed by atoms with Gasteiger partial charge in [-0.15, -0.1) is 0 Å². The summed E-state index contributed by atoms with van der Waals surface area (Å²) in [6.07, 6.45) is 3.02. The van der Waals surface area contributed by atoms with Crippen LogP contribution in [-0.2, 0) is 39.5 Å². The number of esters is 1. The molecule has 0 saturated carbocycles. The second kappa shape index (κ2) is 9.24. The number of aliphatic hydroxyl groups is 1. The lowest BCUT2D eigenvalue weighted by atomic mass is 9.81. The van der Waals surface area contributed by atoms with Crippen molar-refractivity contribution in [1.82, 2.24) is 14.9 Å². The molecule has 3 aliphatic rings. The number of cyclic esters (lactones) is 1.